The van der Waals surface area contributed by atoms with Gasteiger partial charge >= 0.3 is 0 Å². The molecule has 0 bridgehead atoms. The molecule has 1 aliphatic rings. The van der Waals surface area contributed by atoms with Crippen molar-refractivity contribution >= 4 is 15.7 Å². The fraction of sp³-hybridized carbons (Fsp3) is 0.571. The molecule has 118 valence electrons. The number of rotatable bonds is 8. The number of nitrogens with two attached hydrogens (primary N) is 1. The third-order valence-electron chi connectivity index (χ3n) is 3.94. The van der Waals surface area contributed by atoms with Crippen molar-refractivity contribution in [3.63, 3.8) is 0 Å². The number of benzene rings is 1. The van der Waals surface area contributed by atoms with E-state index in [0.29, 0.717) is 24.6 Å². The average molecular weight is 314 g/mol. The van der Waals surface area contributed by atoms with E-state index in [2.05, 4.69) is 4.72 Å². The standard InChI is InChI=1S/C14H22N2O4S/c1-19-8-7-14(5-6-14)10-16-21(17,18)11-3-4-13(20-2)12(15)9-11/h3-4,9,16H,5-8,10,15H2,1-2H3. The maximum atomic E-state index is 12.3. The molecule has 0 aliphatic heterocycles. The van der Waals surface area contributed by atoms with E-state index >= 15 is 0 Å². The molecule has 3 N–H and O–H groups in total. The molecular weight excluding hydrogens is 292 g/mol. The summed E-state index contributed by atoms with van der Waals surface area (Å²) in [7, 11) is -0.408. The Morgan fingerprint density at radius 3 is 2.57 bits per heavy atom. The first kappa shape index (κ1) is 16.1. The van der Waals surface area contributed by atoms with E-state index < -0.39 is 10.0 Å². The molecule has 0 radical (unpaired) electrons. The first-order valence-corrected chi connectivity index (χ1v) is 8.33. The van der Waals surface area contributed by atoms with E-state index in [1.165, 1.54) is 19.2 Å². The molecule has 1 fully saturated rings. The van der Waals surface area contributed by atoms with Crippen molar-refractivity contribution in [3.05, 3.63) is 18.2 Å². The highest BCUT2D eigenvalue weighted by Crippen LogP contribution is 2.48. The fourth-order valence-corrected chi connectivity index (χ4v) is 3.41. The minimum absolute atomic E-state index is 0.0566. The summed E-state index contributed by atoms with van der Waals surface area (Å²) >= 11 is 0. The second kappa shape index (κ2) is 6.21. The Labute approximate surface area is 125 Å². The van der Waals surface area contributed by atoms with Gasteiger partial charge in [-0.3, -0.25) is 0 Å². The van der Waals surface area contributed by atoms with Gasteiger partial charge in [-0.15, -0.1) is 0 Å². The predicted octanol–water partition coefficient (Wildman–Crippen LogP) is 1.37. The van der Waals surface area contributed by atoms with E-state index in [4.69, 9.17) is 15.2 Å². The number of nitrogen functional groups attached to an aromatic ring is 1. The summed E-state index contributed by atoms with van der Waals surface area (Å²) in [6, 6.07) is 4.46. The summed E-state index contributed by atoms with van der Waals surface area (Å²) in [5, 5.41) is 0. The smallest absolute Gasteiger partial charge is 0.240 e. The first-order valence-electron chi connectivity index (χ1n) is 6.85. The van der Waals surface area contributed by atoms with Gasteiger partial charge in [0.05, 0.1) is 17.7 Å². The Bertz CT molecular complexity index is 597. The number of nitrogens with one attached hydrogen (secondary N) is 1. The second-order valence-corrected chi connectivity index (χ2v) is 7.24. The van der Waals surface area contributed by atoms with Crippen molar-refractivity contribution in [1.82, 2.24) is 4.72 Å². The molecule has 0 saturated heterocycles. The van der Waals surface area contributed by atoms with Crippen LogP contribution in [0.5, 0.6) is 5.75 Å². The van der Waals surface area contributed by atoms with Gasteiger partial charge in [0.25, 0.3) is 0 Å². The monoisotopic (exact) mass is 314 g/mol. The van der Waals surface area contributed by atoms with Gasteiger partial charge in [-0.2, -0.15) is 0 Å². The second-order valence-electron chi connectivity index (χ2n) is 5.47. The van der Waals surface area contributed by atoms with E-state index in [1.807, 2.05) is 0 Å². The summed E-state index contributed by atoms with van der Waals surface area (Å²) in [4.78, 5) is 0.156. The Kier molecular flexibility index (Phi) is 4.75. The molecule has 1 aliphatic carbocycles. The molecule has 0 spiro atoms. The molecule has 0 aromatic heterocycles. The summed E-state index contributed by atoms with van der Waals surface area (Å²) in [5.41, 5.74) is 6.12. The molecule has 6 nitrogen and oxygen atoms in total. The van der Waals surface area contributed by atoms with Crippen LogP contribution in [-0.2, 0) is 14.8 Å². The van der Waals surface area contributed by atoms with Gasteiger partial charge in [0.15, 0.2) is 0 Å². The molecule has 1 saturated carbocycles. The molecule has 0 heterocycles. The SMILES string of the molecule is COCCC1(CNS(=O)(=O)c2ccc(OC)c(N)c2)CC1. The van der Waals surface area contributed by atoms with Crippen molar-refractivity contribution in [2.24, 2.45) is 5.41 Å². The lowest BCUT2D eigenvalue weighted by Gasteiger charge is -2.16. The van der Waals surface area contributed by atoms with Crippen LogP contribution in [0.3, 0.4) is 0 Å². The topological polar surface area (TPSA) is 90.6 Å². The highest BCUT2D eigenvalue weighted by molar-refractivity contribution is 7.89. The summed E-state index contributed by atoms with van der Waals surface area (Å²) in [5.74, 6) is 0.465. The van der Waals surface area contributed by atoms with Gasteiger partial charge in [0.2, 0.25) is 10.0 Å². The molecule has 1 aromatic rings. The average Bonchev–Trinajstić information content (AvgIpc) is 3.24. The number of hydrogen-bond acceptors (Lipinski definition) is 5. The van der Waals surface area contributed by atoms with Gasteiger partial charge in [-0.05, 0) is 42.9 Å². The van der Waals surface area contributed by atoms with Gasteiger partial charge in [-0.1, -0.05) is 0 Å². The van der Waals surface area contributed by atoms with Crippen molar-refractivity contribution in [1.29, 1.82) is 0 Å². The first-order chi connectivity index (χ1) is 9.92. The minimum Gasteiger partial charge on any atom is -0.495 e. The molecule has 7 heteroatoms. The number of hydrogen-bond donors (Lipinski definition) is 2. The zero-order valence-electron chi connectivity index (χ0n) is 12.4. The van der Waals surface area contributed by atoms with Crippen molar-refractivity contribution in [2.75, 3.05) is 33.1 Å². The predicted molar refractivity (Wildman–Crippen MR) is 80.8 cm³/mol. The molecule has 1 aromatic carbocycles. The van der Waals surface area contributed by atoms with E-state index in [1.54, 1.807) is 13.2 Å². The Morgan fingerprint density at radius 1 is 1.33 bits per heavy atom. The maximum absolute atomic E-state index is 12.3. The fourth-order valence-electron chi connectivity index (χ4n) is 2.22. The molecule has 0 unspecified atom stereocenters. The lowest BCUT2D eigenvalue weighted by Crippen LogP contribution is -2.31. The molecule has 0 amide bonds. The van der Waals surface area contributed by atoms with Crippen LogP contribution in [0.25, 0.3) is 0 Å². The molecule has 2 rings (SSSR count). The number of methoxy groups -OCH3 is 2. The third kappa shape index (κ3) is 3.87. The molecule has 0 atom stereocenters. The van der Waals surface area contributed by atoms with Crippen LogP contribution >= 0.6 is 0 Å². The van der Waals surface area contributed by atoms with Crippen LogP contribution in [0.2, 0.25) is 0 Å². The van der Waals surface area contributed by atoms with Crippen LogP contribution < -0.4 is 15.2 Å². The van der Waals surface area contributed by atoms with Crippen molar-refractivity contribution < 1.29 is 17.9 Å². The normalized spacial score (nSPS) is 16.7. The van der Waals surface area contributed by atoms with Crippen LogP contribution in [0, 0.1) is 5.41 Å². The Morgan fingerprint density at radius 2 is 2.05 bits per heavy atom. The number of anilines is 1. The quantitative estimate of drug-likeness (QED) is 0.707. The van der Waals surface area contributed by atoms with Crippen LogP contribution in [0.1, 0.15) is 19.3 Å². The molecule has 21 heavy (non-hydrogen) atoms. The van der Waals surface area contributed by atoms with Crippen LogP contribution in [-0.4, -0.2) is 35.8 Å². The van der Waals surface area contributed by atoms with Gasteiger partial charge < -0.3 is 15.2 Å². The van der Waals surface area contributed by atoms with E-state index in [0.717, 1.165) is 19.3 Å². The van der Waals surface area contributed by atoms with Crippen molar-refractivity contribution in [2.45, 2.75) is 24.2 Å². The Hall–Kier alpha value is -1.31. The zero-order valence-corrected chi connectivity index (χ0v) is 13.2. The van der Waals surface area contributed by atoms with Gasteiger partial charge in [0.1, 0.15) is 5.75 Å². The highest BCUT2D eigenvalue weighted by atomic mass is 32.2. The third-order valence-corrected chi connectivity index (χ3v) is 5.34. The van der Waals surface area contributed by atoms with E-state index in [-0.39, 0.29) is 10.3 Å². The van der Waals surface area contributed by atoms with Crippen LogP contribution in [0.15, 0.2) is 23.1 Å². The largest absolute Gasteiger partial charge is 0.495 e. The van der Waals surface area contributed by atoms with Gasteiger partial charge in [-0.25, -0.2) is 13.1 Å². The summed E-state index contributed by atoms with van der Waals surface area (Å²) in [6.45, 7) is 1.09. The van der Waals surface area contributed by atoms with E-state index in [9.17, 15) is 8.42 Å². The Balaban J connectivity index is 2.03. The molecular formula is C14H22N2O4S. The van der Waals surface area contributed by atoms with Crippen molar-refractivity contribution in [3.8, 4) is 5.75 Å². The number of sulfonamides is 1. The lowest BCUT2D eigenvalue weighted by atomic mass is 10.0. The van der Waals surface area contributed by atoms with Gasteiger partial charge in [0, 0.05) is 20.3 Å². The zero-order chi connectivity index (χ0) is 15.5. The highest BCUT2D eigenvalue weighted by Gasteiger charge is 2.42. The number of ether oxygens (including phenoxy) is 2. The summed E-state index contributed by atoms with van der Waals surface area (Å²) < 4.78 is 37.4. The van der Waals surface area contributed by atoms with Crippen LogP contribution in [0.4, 0.5) is 5.69 Å². The summed E-state index contributed by atoms with van der Waals surface area (Å²) in [6.07, 6.45) is 2.93. The maximum Gasteiger partial charge on any atom is 0.240 e. The minimum atomic E-state index is -3.55. The lowest BCUT2D eigenvalue weighted by molar-refractivity contribution is 0.173.